The Morgan fingerprint density at radius 2 is 0.854 bits per heavy atom. The van der Waals surface area contributed by atoms with E-state index >= 15 is 0 Å². The molecule has 256 valence electrons. The zero-order chi connectivity index (χ0) is 33.5. The Hall–Kier alpha value is -5.85. The number of rotatable bonds is 6. The Morgan fingerprint density at radius 3 is 1.04 bits per heavy atom. The minimum atomic E-state index is -1.26. The number of hydrogen-bond acceptors (Lipinski definition) is 12. The molecule has 0 amide bonds. The van der Waals surface area contributed by atoms with Crippen LogP contribution in [-0.4, -0.2) is 77.3 Å². The molecule has 0 radical (unpaired) electrons. The van der Waals surface area contributed by atoms with Crippen molar-refractivity contribution in [2.24, 2.45) is 9.98 Å². The number of hydrogen-bond donors (Lipinski definition) is 4. The van der Waals surface area contributed by atoms with Gasteiger partial charge < -0.3 is 50.0 Å². The minimum Gasteiger partial charge on any atom is -0.872 e. The number of H-pyrrole nitrogens is 4. The van der Waals surface area contributed by atoms with Gasteiger partial charge in [0.15, 0.2) is 0 Å². The van der Waals surface area contributed by atoms with Crippen molar-refractivity contribution in [1.82, 2.24) is 39.9 Å². The number of aromatic amines is 4. The molecular weight excluding hydrogens is 714 g/mol. The molecule has 0 spiro atoms. The second-order valence-electron chi connectivity index (χ2n) is 7.80. The first-order valence-electron chi connectivity index (χ1n) is 13.0. The second-order valence-corrected chi connectivity index (χ2v) is 7.80. The number of carboxylic acids is 2. The number of aromatic nitrogens is 8. The van der Waals surface area contributed by atoms with Crippen LogP contribution in [0.4, 0.5) is 0 Å². The van der Waals surface area contributed by atoms with E-state index < -0.39 is 25.0 Å². The van der Waals surface area contributed by atoms with Crippen LogP contribution in [0.3, 0.4) is 0 Å². The number of nitrogens with one attached hydrogen (secondary N) is 4. The molecule has 6 aromatic rings. The van der Waals surface area contributed by atoms with E-state index in [9.17, 15) is 30.0 Å². The van der Waals surface area contributed by atoms with E-state index in [2.05, 4.69) is 49.9 Å². The smallest absolute Gasteiger partial charge is 0.872 e. The van der Waals surface area contributed by atoms with E-state index in [1.165, 1.54) is 24.6 Å². The van der Waals surface area contributed by atoms with Gasteiger partial charge in [-0.3, -0.25) is 9.98 Å². The van der Waals surface area contributed by atoms with Crippen LogP contribution in [0, 0.1) is 0 Å². The molecule has 4 N–H and O–H groups in total. The average molecular weight is 744 g/mol. The third-order valence-electron chi connectivity index (χ3n) is 4.36. The Labute approximate surface area is 295 Å². The summed E-state index contributed by atoms with van der Waals surface area (Å²) >= 11 is 0. The summed E-state index contributed by atoms with van der Waals surface area (Å²) in [6.07, 6.45) is 22.8. The fourth-order valence-electron chi connectivity index (χ4n) is 2.47. The molecule has 6 rings (SSSR count). The van der Waals surface area contributed by atoms with Gasteiger partial charge in [-0.2, -0.15) is 0 Å². The molecule has 2 aromatic carbocycles. The molecule has 4 aromatic heterocycles. The van der Waals surface area contributed by atoms with E-state index in [-0.39, 0.29) is 44.5 Å². The van der Waals surface area contributed by atoms with Crippen molar-refractivity contribution in [1.29, 1.82) is 0 Å². The molecular formula is C30H30N10Ni2O6. The molecule has 0 aliphatic carbocycles. The first-order valence-corrected chi connectivity index (χ1v) is 13.0. The maximum atomic E-state index is 11.0. The van der Waals surface area contributed by atoms with Gasteiger partial charge in [0, 0.05) is 62.0 Å². The Balaban J connectivity index is 0. The minimum absolute atomic E-state index is 0. The summed E-state index contributed by atoms with van der Waals surface area (Å²) in [4.78, 5) is 52.6. The van der Waals surface area contributed by atoms with Crippen LogP contribution in [0.1, 0.15) is 11.1 Å². The number of aliphatic carboxylic acids is 2. The van der Waals surface area contributed by atoms with Gasteiger partial charge >= 0.3 is 33.0 Å². The van der Waals surface area contributed by atoms with Gasteiger partial charge in [0.25, 0.3) is 0 Å². The van der Waals surface area contributed by atoms with Crippen LogP contribution in [0.5, 0.6) is 11.5 Å². The fraction of sp³-hybridized carbons (Fsp3) is 0.0667. The van der Waals surface area contributed by atoms with Gasteiger partial charge in [-0.05, 0) is 11.1 Å². The summed E-state index contributed by atoms with van der Waals surface area (Å²) < 4.78 is 0. The zero-order valence-electron chi connectivity index (χ0n) is 24.9. The topological polar surface area (TPSA) is 266 Å². The van der Waals surface area contributed by atoms with E-state index in [4.69, 9.17) is 0 Å². The molecule has 0 bridgehead atoms. The molecule has 0 fully saturated rings. The molecule has 18 heteroatoms. The second kappa shape index (κ2) is 31.1. The van der Waals surface area contributed by atoms with Gasteiger partial charge in [0.05, 0.1) is 50.3 Å². The first-order chi connectivity index (χ1) is 22.4. The van der Waals surface area contributed by atoms with Crippen LogP contribution >= 0.6 is 0 Å². The van der Waals surface area contributed by atoms with Crippen LogP contribution in [-0.2, 0) is 42.6 Å². The molecule has 0 atom stereocenters. The van der Waals surface area contributed by atoms with Crippen molar-refractivity contribution in [3.05, 3.63) is 135 Å². The number of benzene rings is 2. The molecule has 0 aliphatic heterocycles. The number of para-hydroxylation sites is 2. The number of carboxylic acid groups (broad SMARTS) is 2. The summed E-state index contributed by atoms with van der Waals surface area (Å²) in [5.41, 5.74) is 0.757. The average Bonchev–Trinajstić information content (AvgIpc) is 3.90. The summed E-state index contributed by atoms with van der Waals surface area (Å²) in [5.74, 6) is -2.88. The van der Waals surface area contributed by atoms with Crippen molar-refractivity contribution in [2.45, 2.75) is 0 Å². The van der Waals surface area contributed by atoms with Gasteiger partial charge in [0.1, 0.15) is 0 Å². The quantitative estimate of drug-likeness (QED) is 0.125. The maximum Gasteiger partial charge on any atom is 2.00 e. The molecule has 0 saturated heterocycles. The molecule has 16 nitrogen and oxygen atoms in total. The molecule has 0 saturated carbocycles. The standard InChI is InChI=1S/2C9H9NO3.4C3H4N2.2Ni/c2*11-8-4-2-1-3-7(8)5-10-6-9(12)13;4*1-2-5-3-4-1;;/h2*1-5,11H,6H2,(H,12,13);4*1-3H,(H,4,5);;/q;;;;;;2*+2/p-4. The third-order valence-corrected chi connectivity index (χ3v) is 4.36. The zero-order valence-corrected chi connectivity index (χ0v) is 26.9. The van der Waals surface area contributed by atoms with Crippen LogP contribution < -0.4 is 20.4 Å². The number of carbonyl (C=O) groups is 2. The monoisotopic (exact) mass is 742 g/mol. The predicted molar refractivity (Wildman–Crippen MR) is 161 cm³/mol. The number of carbonyl (C=O) groups excluding carboxylic acids is 2. The van der Waals surface area contributed by atoms with Crippen molar-refractivity contribution in [3.63, 3.8) is 0 Å². The molecule has 4 heterocycles. The van der Waals surface area contributed by atoms with Crippen LogP contribution in [0.15, 0.2) is 133 Å². The summed E-state index contributed by atoms with van der Waals surface area (Å²) in [6, 6.07) is 12.5. The summed E-state index contributed by atoms with van der Waals surface area (Å²) in [7, 11) is 0. The predicted octanol–water partition coefficient (Wildman–Crippen LogP) is -0.508. The molecule has 48 heavy (non-hydrogen) atoms. The number of aliphatic imine (C=N–C) groups is 2. The van der Waals surface area contributed by atoms with Gasteiger partial charge in [-0.25, -0.2) is 19.9 Å². The largest absolute Gasteiger partial charge is 2.00 e. The Kier molecular flexibility index (Phi) is 28.7. The van der Waals surface area contributed by atoms with Gasteiger partial charge in [-0.15, -0.1) is 11.5 Å². The number of nitrogens with zero attached hydrogens (tertiary/aromatic N) is 6. The Morgan fingerprint density at radius 1 is 0.562 bits per heavy atom. The number of imidazole rings is 4. The van der Waals surface area contributed by atoms with Crippen LogP contribution in [0.2, 0.25) is 0 Å². The summed E-state index contributed by atoms with van der Waals surface area (Å²) in [5, 5.41) is 42.0. The van der Waals surface area contributed by atoms with E-state index in [1.807, 2.05) is 0 Å². The van der Waals surface area contributed by atoms with Gasteiger partial charge in [-0.1, -0.05) is 48.5 Å². The van der Waals surface area contributed by atoms with Crippen molar-refractivity contribution < 1.29 is 63.0 Å². The first kappa shape index (κ1) is 44.3. The molecule has 0 unspecified atom stereocenters. The summed E-state index contributed by atoms with van der Waals surface area (Å²) in [6.45, 7) is -0.845. The van der Waals surface area contributed by atoms with E-state index in [1.54, 1.807) is 111 Å². The third kappa shape index (κ3) is 26.5. The van der Waals surface area contributed by atoms with Gasteiger partial charge in [0.2, 0.25) is 0 Å². The molecule has 0 aliphatic rings. The van der Waals surface area contributed by atoms with Crippen LogP contribution in [0.25, 0.3) is 0 Å². The fourth-order valence-corrected chi connectivity index (χ4v) is 2.47. The normalized spacial score (nSPS) is 9.00. The van der Waals surface area contributed by atoms with Crippen molar-refractivity contribution in [2.75, 3.05) is 13.1 Å². The van der Waals surface area contributed by atoms with Crippen molar-refractivity contribution >= 4 is 24.4 Å². The van der Waals surface area contributed by atoms with Crippen molar-refractivity contribution in [3.8, 4) is 11.5 Å². The SMILES string of the molecule is O=C([O-])CN=Cc1ccccc1[O-].O=C([O-])CN=Cc1ccccc1[O-].[Ni+2].[Ni+2].c1c[nH]cn1.c1c[nH]cn1.c1c[nH]cn1.c1c[nH]cn1. The maximum absolute atomic E-state index is 11.0. The van der Waals surface area contributed by atoms with E-state index in [0.29, 0.717) is 11.1 Å². The van der Waals surface area contributed by atoms with E-state index in [0.717, 1.165) is 0 Å². The Bertz CT molecular complexity index is 1340.